The average molecular weight is 482 g/mol. The van der Waals surface area contributed by atoms with Crippen molar-refractivity contribution in [3.63, 3.8) is 0 Å². The molecule has 2 aliphatic heterocycles. The molecule has 0 radical (unpaired) electrons. The third-order valence-electron chi connectivity index (χ3n) is 5.78. The number of imide groups is 1. The Balaban J connectivity index is 1.81. The second-order valence-corrected chi connectivity index (χ2v) is 11.3. The molecule has 3 rings (SSSR count). The van der Waals surface area contributed by atoms with Crippen molar-refractivity contribution >= 4 is 37.8 Å². The first-order chi connectivity index (χ1) is 14.4. The summed E-state index contributed by atoms with van der Waals surface area (Å²) in [5.74, 6) is -8.80. The number of hydrogen-bond donors (Lipinski definition) is 0. The number of unbranched alkanes of at least 4 members (excludes halogenated alkanes) is 2. The quantitative estimate of drug-likeness (QED) is 0.176. The van der Waals surface area contributed by atoms with Crippen LogP contribution in [0.5, 0.6) is 0 Å². The monoisotopic (exact) mass is 481 g/mol. The van der Waals surface area contributed by atoms with E-state index in [1.807, 2.05) is 0 Å². The van der Waals surface area contributed by atoms with Gasteiger partial charge in [-0.25, -0.2) is 0 Å². The molecule has 0 N–H and O–H groups in total. The molecule has 5 atom stereocenters. The lowest BCUT2D eigenvalue weighted by Crippen LogP contribution is -2.40. The number of rotatable bonds is 10. The normalized spacial score (nSPS) is 30.9. The lowest BCUT2D eigenvalue weighted by atomic mass is 9.90. The van der Waals surface area contributed by atoms with Gasteiger partial charge in [0, 0.05) is 9.67 Å². The molecule has 1 saturated carbocycles. The zero-order valence-corrected chi connectivity index (χ0v) is 18.8. The van der Waals surface area contributed by atoms with Gasteiger partial charge in [0.2, 0.25) is 0 Å². The van der Waals surface area contributed by atoms with Crippen molar-refractivity contribution < 1.29 is 44.4 Å². The molecule has 0 aromatic heterocycles. The van der Waals surface area contributed by atoms with Crippen molar-refractivity contribution in [3.8, 4) is 0 Å². The molecular formula is C17H25N2O10S2+. The molecule has 12 nitrogen and oxygen atoms in total. The van der Waals surface area contributed by atoms with Gasteiger partial charge in [-0.3, -0.25) is 14.4 Å². The van der Waals surface area contributed by atoms with Crippen LogP contribution in [-0.4, -0.2) is 68.5 Å². The molecule has 0 aromatic carbocycles. The van der Waals surface area contributed by atoms with Crippen LogP contribution in [0, 0.1) is 28.6 Å². The minimum Gasteiger partial charge on any atom is -0.298 e. The summed E-state index contributed by atoms with van der Waals surface area (Å²) in [4.78, 5) is 50.7. The van der Waals surface area contributed by atoms with Crippen LogP contribution in [0.3, 0.4) is 0 Å². The second-order valence-electron chi connectivity index (χ2n) is 7.96. The Hall–Kier alpha value is -1.77. The highest BCUT2D eigenvalue weighted by atomic mass is 32.2. The molecule has 0 aromatic rings. The summed E-state index contributed by atoms with van der Waals surface area (Å²) in [6.45, 7) is 3.12. The molecule has 5 unspecified atom stereocenters. The second kappa shape index (κ2) is 8.64. The van der Waals surface area contributed by atoms with E-state index in [1.54, 1.807) is 13.8 Å². The number of amides is 2. The highest BCUT2D eigenvalue weighted by molar-refractivity contribution is 7.86. The lowest BCUT2D eigenvalue weighted by molar-refractivity contribution is -0.603. The summed E-state index contributed by atoms with van der Waals surface area (Å²) in [6.07, 6.45) is 0.0136. The maximum Gasteiger partial charge on any atom is 0.329 e. The number of nitrogens with zero attached hydrogens (tertiary/aromatic N) is 2. The maximum atomic E-state index is 12.9. The van der Waals surface area contributed by atoms with E-state index in [9.17, 15) is 36.1 Å². The standard InChI is InChI=1S/C17H25N2O10S2/c1-3-5-7-30(24,25)28-17-12-10(9-18(17)23)11-13(14(12)20)16(22)19(15(11)21)29-31(26,27)8-6-4-2/h10-13,17H,3-9H2,1-2H3/q+1. The van der Waals surface area contributed by atoms with Gasteiger partial charge in [-0.1, -0.05) is 26.7 Å². The smallest absolute Gasteiger partial charge is 0.298 e. The predicted octanol–water partition coefficient (Wildman–Crippen LogP) is -0.271. The summed E-state index contributed by atoms with van der Waals surface area (Å²) < 4.78 is 58.2. The molecule has 2 heterocycles. The SMILES string of the molecule is CCCCS(=O)(=O)OC1C2C(=O)C3C(=O)N(OS(=O)(=O)CCCC)C(=O)C3C2C[N+]1=O. The van der Waals surface area contributed by atoms with Gasteiger partial charge in [-0.2, -0.15) is 21.0 Å². The van der Waals surface area contributed by atoms with Gasteiger partial charge < -0.3 is 0 Å². The van der Waals surface area contributed by atoms with E-state index < -0.39 is 80.0 Å². The van der Waals surface area contributed by atoms with Gasteiger partial charge >= 0.3 is 6.23 Å². The van der Waals surface area contributed by atoms with E-state index in [0.717, 1.165) is 0 Å². The zero-order valence-electron chi connectivity index (χ0n) is 17.1. The number of hydroxylamine groups is 2. The Morgan fingerprint density at radius 3 is 2.10 bits per heavy atom. The number of hydrogen-bond acceptors (Lipinski definition) is 10. The van der Waals surface area contributed by atoms with Gasteiger partial charge in [-0.15, -0.1) is 9.35 Å². The van der Waals surface area contributed by atoms with Gasteiger partial charge in [0.1, 0.15) is 11.8 Å². The summed E-state index contributed by atoms with van der Waals surface area (Å²) >= 11 is 0. The van der Waals surface area contributed by atoms with Crippen molar-refractivity contribution in [2.24, 2.45) is 23.7 Å². The van der Waals surface area contributed by atoms with Crippen LogP contribution in [0.15, 0.2) is 0 Å². The number of carbonyl (C=O) groups excluding carboxylic acids is 3. The topological polar surface area (TPSA) is 161 Å². The van der Waals surface area contributed by atoms with E-state index in [4.69, 9.17) is 4.18 Å². The Kier molecular flexibility index (Phi) is 6.65. The lowest BCUT2D eigenvalue weighted by Gasteiger charge is -2.17. The Bertz CT molecular complexity index is 1010. The predicted molar refractivity (Wildman–Crippen MR) is 103 cm³/mol. The largest absolute Gasteiger partial charge is 0.329 e. The van der Waals surface area contributed by atoms with Crippen LogP contribution in [0.25, 0.3) is 0 Å². The van der Waals surface area contributed by atoms with Crippen LogP contribution in [0.1, 0.15) is 39.5 Å². The van der Waals surface area contributed by atoms with Crippen molar-refractivity contribution in [2.45, 2.75) is 45.8 Å². The summed E-state index contributed by atoms with van der Waals surface area (Å²) in [7, 11) is -8.32. The van der Waals surface area contributed by atoms with Crippen LogP contribution in [0.2, 0.25) is 0 Å². The summed E-state index contributed by atoms with van der Waals surface area (Å²) in [5, 5.41) is 0.0930. The van der Waals surface area contributed by atoms with E-state index >= 15 is 0 Å². The van der Waals surface area contributed by atoms with Gasteiger partial charge in [0.25, 0.3) is 32.1 Å². The fourth-order valence-electron chi connectivity index (χ4n) is 4.28. The number of fused-ring (bicyclic) bond motifs is 3. The minimum atomic E-state index is -4.22. The zero-order chi connectivity index (χ0) is 23.1. The first-order valence-corrected chi connectivity index (χ1v) is 13.3. The van der Waals surface area contributed by atoms with Crippen LogP contribution in [-0.2, 0) is 43.1 Å². The highest BCUT2D eigenvalue weighted by Gasteiger charge is 2.72. The number of ketones is 1. The third-order valence-corrected chi connectivity index (χ3v) is 8.22. The fourth-order valence-corrected chi connectivity index (χ4v) is 6.63. The molecule has 2 saturated heterocycles. The van der Waals surface area contributed by atoms with Crippen LogP contribution < -0.4 is 0 Å². The van der Waals surface area contributed by atoms with E-state index in [1.165, 1.54) is 0 Å². The van der Waals surface area contributed by atoms with Gasteiger partial charge in [0.15, 0.2) is 12.3 Å². The number of carbonyl (C=O) groups is 3. The van der Waals surface area contributed by atoms with Crippen molar-refractivity contribution in [1.82, 2.24) is 5.06 Å². The van der Waals surface area contributed by atoms with Crippen LogP contribution in [0.4, 0.5) is 0 Å². The molecule has 0 spiro atoms. The minimum absolute atomic E-state index is 0.0930. The molecule has 31 heavy (non-hydrogen) atoms. The first-order valence-electron chi connectivity index (χ1n) is 10.1. The van der Waals surface area contributed by atoms with Crippen LogP contribution >= 0.6 is 0 Å². The summed E-state index contributed by atoms with van der Waals surface area (Å²) in [6, 6.07) is 0. The molecule has 0 bridgehead atoms. The van der Waals surface area contributed by atoms with Crippen molar-refractivity contribution in [3.05, 3.63) is 4.91 Å². The van der Waals surface area contributed by atoms with Gasteiger partial charge in [-0.05, 0) is 12.8 Å². The van der Waals surface area contributed by atoms with E-state index in [0.29, 0.717) is 19.3 Å². The Morgan fingerprint density at radius 2 is 1.52 bits per heavy atom. The highest BCUT2D eigenvalue weighted by Crippen LogP contribution is 2.50. The molecule has 3 aliphatic rings. The van der Waals surface area contributed by atoms with E-state index in [2.05, 4.69) is 4.28 Å². The van der Waals surface area contributed by atoms with Crippen molar-refractivity contribution in [1.29, 1.82) is 0 Å². The maximum absolute atomic E-state index is 12.9. The van der Waals surface area contributed by atoms with Crippen molar-refractivity contribution in [2.75, 3.05) is 18.1 Å². The molecule has 3 fully saturated rings. The third kappa shape index (κ3) is 4.43. The molecule has 2 amide bonds. The number of nitroso groups, excluding NO2 is 1. The first kappa shape index (κ1) is 23.9. The molecular weight excluding hydrogens is 456 g/mol. The Morgan fingerprint density at radius 1 is 0.935 bits per heavy atom. The Labute approximate surface area is 180 Å². The fraction of sp³-hybridized carbons (Fsp3) is 0.824. The average Bonchev–Trinajstić information content (AvgIpc) is 3.23. The number of Topliss-reactive ketones (excluding diaryl/α,β-unsaturated/α-hetero) is 1. The molecule has 174 valence electrons. The van der Waals surface area contributed by atoms with Gasteiger partial charge in [0.05, 0.1) is 23.3 Å². The summed E-state index contributed by atoms with van der Waals surface area (Å²) in [5.41, 5.74) is 0. The van der Waals surface area contributed by atoms with E-state index in [-0.39, 0.29) is 22.0 Å². The molecule has 1 aliphatic carbocycles. The molecule has 14 heteroatoms.